The molecule has 5 heteroatoms. The molecular weight excluding hydrogens is 278 g/mol. The highest BCUT2D eigenvalue weighted by Crippen LogP contribution is 2.21. The minimum atomic E-state index is 0.136. The monoisotopic (exact) mass is 303 g/mol. The zero-order valence-corrected chi connectivity index (χ0v) is 13.3. The summed E-state index contributed by atoms with van der Waals surface area (Å²) < 4.78 is 5.35. The van der Waals surface area contributed by atoms with Crippen LogP contribution in [0.4, 0.5) is 0 Å². The summed E-state index contributed by atoms with van der Waals surface area (Å²) in [7, 11) is 1.91. The molecule has 1 aliphatic rings. The first-order valence-corrected chi connectivity index (χ1v) is 8.08. The largest absolute Gasteiger partial charge is 0.468 e. The Hall–Kier alpha value is -1.80. The third-order valence-corrected chi connectivity index (χ3v) is 4.37. The van der Waals surface area contributed by atoms with Gasteiger partial charge in [-0.15, -0.1) is 0 Å². The van der Waals surface area contributed by atoms with Crippen molar-refractivity contribution in [2.75, 3.05) is 20.1 Å². The van der Waals surface area contributed by atoms with Gasteiger partial charge in [0.15, 0.2) is 0 Å². The minimum absolute atomic E-state index is 0.136. The van der Waals surface area contributed by atoms with Gasteiger partial charge in [0.05, 0.1) is 25.4 Å². The predicted octanol–water partition coefficient (Wildman–Crippen LogP) is 2.79. The number of nitriles is 1. The highest BCUT2D eigenvalue weighted by molar-refractivity contribution is 5.78. The van der Waals surface area contributed by atoms with E-state index < -0.39 is 0 Å². The van der Waals surface area contributed by atoms with E-state index in [0.717, 1.165) is 18.6 Å². The number of rotatable bonds is 7. The Kier molecular flexibility index (Phi) is 6.47. The molecule has 0 spiro atoms. The van der Waals surface area contributed by atoms with Gasteiger partial charge in [-0.3, -0.25) is 9.69 Å². The highest BCUT2D eigenvalue weighted by atomic mass is 16.3. The predicted molar refractivity (Wildman–Crippen MR) is 83.9 cm³/mol. The standard InChI is InChI=1S/C17H25N3O2/c1-19(15-7-3-2-4-8-15)17(21)14-20(11-6-10-18)13-16-9-5-12-22-16/h5,9,12,15H,2-4,6-8,11,13-14H2,1H3. The first-order chi connectivity index (χ1) is 10.7. The van der Waals surface area contributed by atoms with Crippen molar-refractivity contribution in [3.8, 4) is 6.07 Å². The highest BCUT2D eigenvalue weighted by Gasteiger charge is 2.23. The van der Waals surface area contributed by atoms with Crippen LogP contribution in [0.25, 0.3) is 0 Å². The molecule has 22 heavy (non-hydrogen) atoms. The number of amides is 1. The summed E-state index contributed by atoms with van der Waals surface area (Å²) in [6.07, 6.45) is 7.98. The van der Waals surface area contributed by atoms with Crippen LogP contribution in [0.5, 0.6) is 0 Å². The fourth-order valence-corrected chi connectivity index (χ4v) is 3.02. The van der Waals surface area contributed by atoms with Crippen LogP contribution in [-0.4, -0.2) is 41.9 Å². The zero-order chi connectivity index (χ0) is 15.8. The van der Waals surface area contributed by atoms with E-state index >= 15 is 0 Å². The average Bonchev–Trinajstić information content (AvgIpc) is 3.05. The van der Waals surface area contributed by atoms with Crippen LogP contribution < -0.4 is 0 Å². The molecule has 0 atom stereocenters. The number of carbonyl (C=O) groups is 1. The third kappa shape index (κ3) is 4.88. The van der Waals surface area contributed by atoms with Gasteiger partial charge < -0.3 is 9.32 Å². The fraction of sp³-hybridized carbons (Fsp3) is 0.647. The molecule has 0 unspecified atom stereocenters. The van der Waals surface area contributed by atoms with Gasteiger partial charge in [0.25, 0.3) is 0 Å². The normalized spacial score (nSPS) is 15.7. The molecular formula is C17H25N3O2. The number of likely N-dealkylation sites (N-methyl/N-ethyl adjacent to an activating group) is 1. The second kappa shape index (κ2) is 8.60. The maximum Gasteiger partial charge on any atom is 0.236 e. The molecule has 0 saturated heterocycles. The summed E-state index contributed by atoms with van der Waals surface area (Å²) >= 11 is 0. The van der Waals surface area contributed by atoms with Crippen molar-refractivity contribution in [2.45, 2.75) is 51.1 Å². The van der Waals surface area contributed by atoms with Crippen LogP contribution in [0.15, 0.2) is 22.8 Å². The minimum Gasteiger partial charge on any atom is -0.468 e. The van der Waals surface area contributed by atoms with E-state index in [-0.39, 0.29) is 5.91 Å². The van der Waals surface area contributed by atoms with Crippen molar-refractivity contribution in [2.24, 2.45) is 0 Å². The fourth-order valence-electron chi connectivity index (χ4n) is 3.02. The topological polar surface area (TPSA) is 60.5 Å². The zero-order valence-electron chi connectivity index (χ0n) is 13.3. The van der Waals surface area contributed by atoms with Crippen molar-refractivity contribution in [1.82, 2.24) is 9.80 Å². The van der Waals surface area contributed by atoms with Gasteiger partial charge in [0.2, 0.25) is 5.91 Å². The van der Waals surface area contributed by atoms with E-state index in [9.17, 15) is 4.79 Å². The summed E-state index contributed by atoms with van der Waals surface area (Å²) in [5, 5.41) is 8.79. The van der Waals surface area contributed by atoms with Gasteiger partial charge in [-0.05, 0) is 25.0 Å². The molecule has 1 fully saturated rings. The van der Waals surface area contributed by atoms with Crippen LogP contribution in [0.2, 0.25) is 0 Å². The van der Waals surface area contributed by atoms with Gasteiger partial charge in [0.1, 0.15) is 5.76 Å². The van der Waals surface area contributed by atoms with E-state index in [4.69, 9.17) is 9.68 Å². The lowest BCUT2D eigenvalue weighted by molar-refractivity contribution is -0.134. The van der Waals surface area contributed by atoms with E-state index in [1.54, 1.807) is 6.26 Å². The molecule has 1 aromatic rings. The molecule has 0 N–H and O–H groups in total. The third-order valence-electron chi connectivity index (χ3n) is 4.37. The van der Waals surface area contributed by atoms with Gasteiger partial charge in [-0.25, -0.2) is 0 Å². The van der Waals surface area contributed by atoms with Gasteiger partial charge in [-0.2, -0.15) is 5.26 Å². The molecule has 0 bridgehead atoms. The number of nitrogens with zero attached hydrogens (tertiary/aromatic N) is 3. The number of furan rings is 1. The Bertz CT molecular complexity index is 487. The van der Waals surface area contributed by atoms with Crippen LogP contribution in [-0.2, 0) is 11.3 Å². The summed E-state index contributed by atoms with van der Waals surface area (Å²) in [6, 6.07) is 6.26. The Labute approximate surface area is 132 Å². The molecule has 0 aliphatic heterocycles. The number of hydrogen-bond acceptors (Lipinski definition) is 4. The lowest BCUT2D eigenvalue weighted by Gasteiger charge is -2.32. The van der Waals surface area contributed by atoms with Crippen LogP contribution >= 0.6 is 0 Å². The van der Waals surface area contributed by atoms with Crippen LogP contribution in [0, 0.1) is 11.3 Å². The Balaban J connectivity index is 1.90. The SMILES string of the molecule is CN(C(=O)CN(CCC#N)Cc1ccco1)C1CCCCC1. The van der Waals surface area contributed by atoms with E-state index in [1.807, 2.05) is 29.0 Å². The van der Waals surface area contributed by atoms with Crippen molar-refractivity contribution >= 4 is 5.91 Å². The average molecular weight is 303 g/mol. The molecule has 1 amide bonds. The van der Waals surface area contributed by atoms with E-state index in [0.29, 0.717) is 32.1 Å². The molecule has 1 aromatic heterocycles. The Morgan fingerprint density at radius 2 is 2.18 bits per heavy atom. The second-order valence-corrected chi connectivity index (χ2v) is 5.99. The lowest BCUT2D eigenvalue weighted by atomic mass is 9.94. The van der Waals surface area contributed by atoms with Crippen molar-refractivity contribution in [3.05, 3.63) is 24.2 Å². The number of hydrogen-bond donors (Lipinski definition) is 0. The van der Waals surface area contributed by atoms with Crippen LogP contribution in [0.3, 0.4) is 0 Å². The molecule has 0 aromatic carbocycles. The van der Waals surface area contributed by atoms with Crippen molar-refractivity contribution in [3.63, 3.8) is 0 Å². The van der Waals surface area contributed by atoms with Crippen molar-refractivity contribution < 1.29 is 9.21 Å². The maximum atomic E-state index is 12.5. The molecule has 1 aliphatic carbocycles. The number of carbonyl (C=O) groups excluding carboxylic acids is 1. The molecule has 1 heterocycles. The summed E-state index contributed by atoms with van der Waals surface area (Å²) in [4.78, 5) is 16.4. The van der Waals surface area contributed by atoms with Crippen molar-refractivity contribution in [1.29, 1.82) is 5.26 Å². The van der Waals surface area contributed by atoms with E-state index in [1.165, 1.54) is 19.3 Å². The second-order valence-electron chi connectivity index (χ2n) is 5.99. The lowest BCUT2D eigenvalue weighted by Crippen LogP contribution is -2.44. The first-order valence-electron chi connectivity index (χ1n) is 8.08. The summed E-state index contributed by atoms with van der Waals surface area (Å²) in [6.45, 7) is 1.50. The molecule has 2 rings (SSSR count). The molecule has 5 nitrogen and oxygen atoms in total. The molecule has 1 saturated carbocycles. The Morgan fingerprint density at radius 1 is 1.41 bits per heavy atom. The van der Waals surface area contributed by atoms with Gasteiger partial charge in [-0.1, -0.05) is 19.3 Å². The molecule has 0 radical (unpaired) electrons. The summed E-state index contributed by atoms with van der Waals surface area (Å²) in [5.74, 6) is 0.961. The Morgan fingerprint density at radius 3 is 2.82 bits per heavy atom. The molecule has 120 valence electrons. The quantitative estimate of drug-likeness (QED) is 0.777. The van der Waals surface area contributed by atoms with E-state index in [2.05, 4.69) is 6.07 Å². The van der Waals surface area contributed by atoms with Gasteiger partial charge >= 0.3 is 0 Å². The first kappa shape index (κ1) is 16.6. The van der Waals surface area contributed by atoms with Gasteiger partial charge in [0, 0.05) is 26.1 Å². The van der Waals surface area contributed by atoms with Crippen LogP contribution in [0.1, 0.15) is 44.3 Å². The maximum absolute atomic E-state index is 12.5. The summed E-state index contributed by atoms with van der Waals surface area (Å²) in [5.41, 5.74) is 0. The smallest absolute Gasteiger partial charge is 0.236 e.